The summed E-state index contributed by atoms with van der Waals surface area (Å²) >= 11 is 4.92. The van der Waals surface area contributed by atoms with Crippen LogP contribution in [0.2, 0.25) is 0 Å². The zero-order valence-corrected chi connectivity index (χ0v) is 11.7. The van der Waals surface area contributed by atoms with Gasteiger partial charge in [0.1, 0.15) is 5.78 Å². The minimum absolute atomic E-state index is 0.0113. The van der Waals surface area contributed by atoms with Crippen molar-refractivity contribution in [2.24, 2.45) is 0 Å². The largest absolute Gasteiger partial charge is 0.450 e. The number of carbonyl (C=O) groups excluding carboxylic acids is 2. The van der Waals surface area contributed by atoms with E-state index in [1.54, 1.807) is 23.6 Å². The molecule has 1 amide bonds. The summed E-state index contributed by atoms with van der Waals surface area (Å²) < 4.78 is 4.98. The number of hydrogen-bond acceptors (Lipinski definition) is 4. The van der Waals surface area contributed by atoms with Gasteiger partial charge in [-0.3, -0.25) is 4.79 Å². The summed E-state index contributed by atoms with van der Waals surface area (Å²) in [6, 6.07) is -0.0113. The minimum atomic E-state index is -0.296. The lowest BCUT2D eigenvalue weighted by molar-refractivity contribution is -0.117. The number of carbonyl (C=O) groups is 2. The predicted molar refractivity (Wildman–Crippen MR) is 68.3 cm³/mol. The number of amides is 1. The molecule has 0 aromatic heterocycles. The third kappa shape index (κ3) is 3.97. The van der Waals surface area contributed by atoms with Gasteiger partial charge in [-0.2, -0.15) is 11.8 Å². The molecule has 1 atom stereocenters. The van der Waals surface area contributed by atoms with Crippen molar-refractivity contribution in [1.29, 1.82) is 0 Å². The number of nitrogens with zero attached hydrogens (tertiary/aromatic N) is 1. The van der Waals surface area contributed by atoms with E-state index in [1.807, 2.05) is 0 Å². The number of ether oxygens (including phenoxy) is 1. The summed E-state index contributed by atoms with van der Waals surface area (Å²) in [7, 11) is 0. The van der Waals surface area contributed by atoms with Crippen molar-refractivity contribution in [2.45, 2.75) is 19.4 Å². The topological polar surface area (TPSA) is 46.6 Å². The lowest BCUT2D eigenvalue weighted by Gasteiger charge is -2.34. The Morgan fingerprint density at radius 3 is 2.94 bits per heavy atom. The zero-order valence-electron chi connectivity index (χ0n) is 9.28. The smallest absolute Gasteiger partial charge is 0.410 e. The maximum absolute atomic E-state index is 11.6. The number of halogens is 1. The fourth-order valence-corrected chi connectivity index (χ4v) is 2.88. The van der Waals surface area contributed by atoms with Crippen molar-refractivity contribution in [3.63, 3.8) is 0 Å². The van der Waals surface area contributed by atoms with E-state index in [4.69, 9.17) is 4.74 Å². The van der Waals surface area contributed by atoms with E-state index in [-0.39, 0.29) is 17.9 Å². The van der Waals surface area contributed by atoms with Crippen LogP contribution in [-0.2, 0) is 9.53 Å². The third-order valence-corrected chi connectivity index (χ3v) is 4.06. The van der Waals surface area contributed by atoms with Gasteiger partial charge in [0.2, 0.25) is 0 Å². The number of hydrogen-bond donors (Lipinski definition) is 0. The molecule has 1 fully saturated rings. The molecule has 6 heteroatoms. The second kappa shape index (κ2) is 7.17. The predicted octanol–water partition coefficient (Wildman–Crippen LogP) is 1.91. The summed E-state index contributed by atoms with van der Waals surface area (Å²) in [4.78, 5) is 24.7. The Bertz CT molecular complexity index is 262. The van der Waals surface area contributed by atoms with E-state index >= 15 is 0 Å². The van der Waals surface area contributed by atoms with Gasteiger partial charge in [-0.25, -0.2) is 4.79 Å². The third-order valence-electron chi connectivity index (χ3n) is 2.34. The first kappa shape index (κ1) is 13.8. The lowest BCUT2D eigenvalue weighted by atomic mass is 10.1. The Kier molecular flexibility index (Phi) is 6.20. The van der Waals surface area contributed by atoms with Crippen LogP contribution >= 0.6 is 27.7 Å². The van der Waals surface area contributed by atoms with E-state index in [0.717, 1.165) is 11.5 Å². The van der Waals surface area contributed by atoms with Crippen LogP contribution < -0.4 is 0 Å². The Hall–Kier alpha value is -0.230. The van der Waals surface area contributed by atoms with E-state index in [1.165, 1.54) is 0 Å². The fraction of sp³-hybridized carbons (Fsp3) is 0.800. The summed E-state index contributed by atoms with van der Waals surface area (Å²) in [5, 5.41) is 0.352. The van der Waals surface area contributed by atoms with Gasteiger partial charge < -0.3 is 9.64 Å². The molecule has 0 bridgehead atoms. The molecule has 0 saturated carbocycles. The highest BCUT2D eigenvalue weighted by Gasteiger charge is 2.29. The molecule has 0 aromatic carbocycles. The zero-order chi connectivity index (χ0) is 12.0. The van der Waals surface area contributed by atoms with Crippen molar-refractivity contribution < 1.29 is 14.3 Å². The van der Waals surface area contributed by atoms with Crippen LogP contribution in [0.5, 0.6) is 0 Å². The van der Waals surface area contributed by atoms with Crippen LogP contribution in [0.1, 0.15) is 13.3 Å². The van der Waals surface area contributed by atoms with Crippen molar-refractivity contribution in [3.8, 4) is 0 Å². The van der Waals surface area contributed by atoms with Crippen molar-refractivity contribution in [2.75, 3.05) is 30.0 Å². The van der Waals surface area contributed by atoms with Gasteiger partial charge in [-0.15, -0.1) is 0 Å². The van der Waals surface area contributed by atoms with Gasteiger partial charge in [0.05, 0.1) is 18.0 Å². The molecule has 1 heterocycles. The Morgan fingerprint density at radius 2 is 2.31 bits per heavy atom. The Balaban J connectivity index is 2.56. The maximum atomic E-state index is 11.6. The van der Waals surface area contributed by atoms with Crippen molar-refractivity contribution >= 4 is 39.6 Å². The highest BCUT2D eigenvalue weighted by atomic mass is 79.9. The van der Waals surface area contributed by atoms with E-state index in [2.05, 4.69) is 15.9 Å². The molecule has 1 rings (SSSR count). The number of Topliss-reactive ketones (excluding diaryl/α,β-unsaturated/α-hetero) is 1. The number of ketones is 1. The average molecular weight is 310 g/mol. The molecule has 4 nitrogen and oxygen atoms in total. The first-order valence-corrected chi connectivity index (χ1v) is 7.55. The highest BCUT2D eigenvalue weighted by Crippen LogP contribution is 2.20. The minimum Gasteiger partial charge on any atom is -0.450 e. The number of rotatable bonds is 4. The molecule has 0 aromatic rings. The SMILES string of the molecule is CCOC(=O)N1CCSCC1CC(=O)CBr. The van der Waals surface area contributed by atoms with E-state index in [9.17, 15) is 9.59 Å². The average Bonchev–Trinajstić information content (AvgIpc) is 2.30. The van der Waals surface area contributed by atoms with Gasteiger partial charge in [0.25, 0.3) is 0 Å². The molecular formula is C10H16BrNO3S. The molecule has 0 N–H and O–H groups in total. The fourth-order valence-electron chi connectivity index (χ4n) is 1.59. The highest BCUT2D eigenvalue weighted by molar-refractivity contribution is 9.09. The van der Waals surface area contributed by atoms with Gasteiger partial charge in [-0.1, -0.05) is 15.9 Å². The summed E-state index contributed by atoms with van der Waals surface area (Å²) in [5.41, 5.74) is 0. The molecular weight excluding hydrogens is 294 g/mol. The molecule has 1 aliphatic rings. The van der Waals surface area contributed by atoms with E-state index < -0.39 is 0 Å². The molecule has 92 valence electrons. The van der Waals surface area contributed by atoms with Crippen molar-refractivity contribution in [1.82, 2.24) is 4.90 Å². The van der Waals surface area contributed by atoms with Crippen LogP contribution in [0.25, 0.3) is 0 Å². The standard InChI is InChI=1S/C10H16BrNO3S/c1-2-15-10(14)12-3-4-16-7-8(12)5-9(13)6-11/h8H,2-7H2,1H3. The molecule has 0 spiro atoms. The van der Waals surface area contributed by atoms with Crippen LogP contribution in [0.4, 0.5) is 4.79 Å². The van der Waals surface area contributed by atoms with Crippen LogP contribution in [-0.4, -0.2) is 52.8 Å². The monoisotopic (exact) mass is 309 g/mol. The first-order chi connectivity index (χ1) is 7.69. The summed E-state index contributed by atoms with van der Waals surface area (Å²) in [5.74, 6) is 1.86. The second-order valence-corrected chi connectivity index (χ2v) is 5.21. The first-order valence-electron chi connectivity index (χ1n) is 5.27. The van der Waals surface area contributed by atoms with Gasteiger partial charge in [0, 0.05) is 24.5 Å². The number of thioether (sulfide) groups is 1. The summed E-state index contributed by atoms with van der Waals surface area (Å²) in [6.45, 7) is 2.83. The van der Waals surface area contributed by atoms with Gasteiger partial charge in [0.15, 0.2) is 0 Å². The Morgan fingerprint density at radius 1 is 1.56 bits per heavy atom. The maximum Gasteiger partial charge on any atom is 0.410 e. The molecule has 1 saturated heterocycles. The van der Waals surface area contributed by atoms with E-state index in [0.29, 0.717) is 24.9 Å². The molecule has 0 aliphatic carbocycles. The molecule has 16 heavy (non-hydrogen) atoms. The van der Waals surface area contributed by atoms with Gasteiger partial charge in [-0.05, 0) is 6.92 Å². The number of alkyl halides is 1. The summed E-state index contributed by atoms with van der Waals surface area (Å²) in [6.07, 6.45) is 0.118. The van der Waals surface area contributed by atoms with Crippen LogP contribution in [0, 0.1) is 0 Å². The van der Waals surface area contributed by atoms with Crippen LogP contribution in [0.3, 0.4) is 0 Å². The van der Waals surface area contributed by atoms with Crippen molar-refractivity contribution in [3.05, 3.63) is 0 Å². The van der Waals surface area contributed by atoms with Gasteiger partial charge >= 0.3 is 6.09 Å². The molecule has 1 unspecified atom stereocenters. The molecule has 0 radical (unpaired) electrons. The second-order valence-electron chi connectivity index (χ2n) is 3.50. The normalized spacial score (nSPS) is 20.6. The quantitative estimate of drug-likeness (QED) is 0.744. The molecule has 1 aliphatic heterocycles. The Labute approximate surface area is 108 Å². The lowest BCUT2D eigenvalue weighted by Crippen LogP contribution is -2.47. The van der Waals surface area contributed by atoms with Crippen LogP contribution in [0.15, 0.2) is 0 Å².